The van der Waals surface area contributed by atoms with E-state index in [0.717, 1.165) is 58.0 Å². The van der Waals surface area contributed by atoms with Gasteiger partial charge in [0.25, 0.3) is 0 Å². The van der Waals surface area contributed by atoms with Crippen molar-refractivity contribution in [3.63, 3.8) is 0 Å². The van der Waals surface area contributed by atoms with E-state index in [-0.39, 0.29) is 10.8 Å². The zero-order chi connectivity index (χ0) is 20.4. The lowest BCUT2D eigenvalue weighted by Gasteiger charge is -2.65. The highest BCUT2D eigenvalue weighted by Crippen LogP contribution is 2.68. The van der Waals surface area contributed by atoms with Crippen molar-refractivity contribution < 1.29 is 9.90 Å². The number of carbonyl (C=O) groups excluding carboxylic acids is 1. The van der Waals surface area contributed by atoms with Crippen LogP contribution in [-0.2, 0) is 4.79 Å². The molecule has 0 amide bonds. The van der Waals surface area contributed by atoms with Gasteiger partial charge in [0.05, 0.1) is 5.60 Å². The molecule has 5 aliphatic rings. The van der Waals surface area contributed by atoms with Crippen LogP contribution in [0, 0.1) is 46.3 Å². The van der Waals surface area contributed by atoms with E-state index in [2.05, 4.69) is 38.2 Å². The Kier molecular flexibility index (Phi) is 4.83. The van der Waals surface area contributed by atoms with Crippen LogP contribution >= 0.6 is 0 Å². The summed E-state index contributed by atoms with van der Waals surface area (Å²) in [5.41, 5.74) is -0.602. The molecule has 9 atom stereocenters. The van der Waals surface area contributed by atoms with Crippen molar-refractivity contribution in [2.75, 3.05) is 13.1 Å². The summed E-state index contributed by atoms with van der Waals surface area (Å²) in [5, 5.41) is 15.6. The molecule has 3 nitrogen and oxygen atoms in total. The molecule has 0 bridgehead atoms. The van der Waals surface area contributed by atoms with E-state index in [4.69, 9.17) is 0 Å². The van der Waals surface area contributed by atoms with Gasteiger partial charge in [-0.15, -0.1) is 0 Å². The number of carbonyl (C=O) groups is 1. The first kappa shape index (κ1) is 20.2. The van der Waals surface area contributed by atoms with E-state index in [0.29, 0.717) is 41.3 Å². The minimum absolute atomic E-state index is 0.0154. The van der Waals surface area contributed by atoms with E-state index < -0.39 is 5.60 Å². The molecule has 0 radical (unpaired) electrons. The summed E-state index contributed by atoms with van der Waals surface area (Å²) in [6.07, 6.45) is 14.6. The SMILES string of the molecule is C[C@H]1C[C@H]2[C@@H]3CCC(=O)[C@@]3(C)CC[C@@H]2[C@@]2(C)CC[C@@H](/C=C\[C@@H]3CCNC3)C[C@]12O. The van der Waals surface area contributed by atoms with E-state index >= 15 is 0 Å². The third-order valence-electron chi connectivity index (χ3n) is 10.8. The Balaban J connectivity index is 1.38. The van der Waals surface area contributed by atoms with Crippen LogP contribution in [0.1, 0.15) is 78.6 Å². The maximum atomic E-state index is 12.7. The fourth-order valence-corrected chi connectivity index (χ4v) is 8.81. The second kappa shape index (κ2) is 6.92. The molecule has 1 aliphatic heterocycles. The largest absolute Gasteiger partial charge is 0.389 e. The first-order valence-electron chi connectivity index (χ1n) is 12.4. The van der Waals surface area contributed by atoms with Crippen molar-refractivity contribution in [1.29, 1.82) is 0 Å². The van der Waals surface area contributed by atoms with E-state index in [1.807, 2.05) is 0 Å². The van der Waals surface area contributed by atoms with Gasteiger partial charge in [0.2, 0.25) is 0 Å². The van der Waals surface area contributed by atoms with Gasteiger partial charge in [0, 0.05) is 18.4 Å². The molecule has 1 saturated heterocycles. The van der Waals surface area contributed by atoms with Gasteiger partial charge in [-0.05, 0) is 98.8 Å². The molecule has 2 N–H and O–H groups in total. The van der Waals surface area contributed by atoms with Crippen LogP contribution in [0.3, 0.4) is 0 Å². The number of hydrogen-bond acceptors (Lipinski definition) is 3. The van der Waals surface area contributed by atoms with Crippen LogP contribution in [0.2, 0.25) is 0 Å². The van der Waals surface area contributed by atoms with Crippen molar-refractivity contribution in [3.05, 3.63) is 12.2 Å². The molecular formula is C26H41NO2. The second-order valence-electron chi connectivity index (χ2n) is 11.9. The lowest BCUT2D eigenvalue weighted by molar-refractivity contribution is -0.233. The molecule has 0 aromatic heterocycles. The van der Waals surface area contributed by atoms with Crippen LogP contribution in [-0.4, -0.2) is 29.6 Å². The maximum absolute atomic E-state index is 12.7. The van der Waals surface area contributed by atoms with Crippen LogP contribution in [0.25, 0.3) is 0 Å². The number of nitrogens with one attached hydrogen (secondary N) is 1. The minimum Gasteiger partial charge on any atom is -0.389 e. The smallest absolute Gasteiger partial charge is 0.139 e. The molecule has 0 aromatic rings. The number of allylic oxidation sites excluding steroid dienone is 1. The first-order valence-corrected chi connectivity index (χ1v) is 12.4. The van der Waals surface area contributed by atoms with Gasteiger partial charge < -0.3 is 10.4 Å². The predicted octanol–water partition coefficient (Wildman–Crippen LogP) is 4.74. The molecule has 5 fully saturated rings. The quantitative estimate of drug-likeness (QED) is 0.659. The summed E-state index contributed by atoms with van der Waals surface area (Å²) in [4.78, 5) is 12.7. The van der Waals surface area contributed by atoms with Gasteiger partial charge in [-0.2, -0.15) is 0 Å². The van der Waals surface area contributed by atoms with Crippen molar-refractivity contribution in [1.82, 2.24) is 5.32 Å². The Bertz CT molecular complexity index is 697. The molecule has 1 heterocycles. The fourth-order valence-electron chi connectivity index (χ4n) is 8.81. The first-order chi connectivity index (χ1) is 13.8. The van der Waals surface area contributed by atoms with E-state index in [9.17, 15) is 9.90 Å². The van der Waals surface area contributed by atoms with Crippen molar-refractivity contribution in [2.24, 2.45) is 46.3 Å². The molecule has 0 aromatic carbocycles. The highest BCUT2D eigenvalue weighted by Gasteiger charge is 2.66. The number of Topliss-reactive ketones (excluding diaryl/α,β-unsaturated/α-hetero) is 1. The Morgan fingerprint density at radius 3 is 2.59 bits per heavy atom. The summed E-state index contributed by atoms with van der Waals surface area (Å²) in [5.74, 6) is 3.85. The Morgan fingerprint density at radius 1 is 1.03 bits per heavy atom. The van der Waals surface area contributed by atoms with Gasteiger partial charge in [-0.25, -0.2) is 0 Å². The van der Waals surface area contributed by atoms with Gasteiger partial charge >= 0.3 is 0 Å². The highest BCUT2D eigenvalue weighted by molar-refractivity contribution is 5.87. The Labute approximate surface area is 177 Å². The van der Waals surface area contributed by atoms with Crippen LogP contribution < -0.4 is 5.32 Å². The molecule has 0 unspecified atom stereocenters. The van der Waals surface area contributed by atoms with E-state index in [1.54, 1.807) is 0 Å². The van der Waals surface area contributed by atoms with Crippen LogP contribution in [0.4, 0.5) is 0 Å². The molecule has 3 heteroatoms. The number of rotatable bonds is 2. The summed E-state index contributed by atoms with van der Waals surface area (Å²) in [7, 11) is 0. The van der Waals surface area contributed by atoms with Crippen molar-refractivity contribution >= 4 is 5.78 Å². The third-order valence-corrected chi connectivity index (χ3v) is 10.8. The average Bonchev–Trinajstić information content (AvgIpc) is 3.31. The molecule has 4 saturated carbocycles. The van der Waals surface area contributed by atoms with Crippen molar-refractivity contribution in [3.8, 4) is 0 Å². The standard InChI is InChI=1S/C26H41NO2/c1-17-14-20-21-6-7-23(28)24(21,2)11-9-22(20)25(3)12-8-18(15-26(17,25)29)4-5-19-10-13-27-16-19/h4-5,17-22,27,29H,6-16H2,1-3H3/b5-4-/t17-,18+,19+,20-,21-,22-,24-,25+,26-/m0/s1. The summed E-state index contributed by atoms with van der Waals surface area (Å²) in [6.45, 7) is 9.25. The molecule has 0 spiro atoms. The van der Waals surface area contributed by atoms with Gasteiger partial charge in [0.15, 0.2) is 0 Å². The lowest BCUT2D eigenvalue weighted by Crippen LogP contribution is -2.65. The zero-order valence-electron chi connectivity index (χ0n) is 18.8. The lowest BCUT2D eigenvalue weighted by atomic mass is 9.41. The minimum atomic E-state index is -0.550. The summed E-state index contributed by atoms with van der Waals surface area (Å²) in [6, 6.07) is 0. The van der Waals surface area contributed by atoms with Crippen LogP contribution in [0.5, 0.6) is 0 Å². The van der Waals surface area contributed by atoms with Crippen LogP contribution in [0.15, 0.2) is 12.2 Å². The normalized spacial score (nSPS) is 55.0. The number of ketones is 1. The topological polar surface area (TPSA) is 49.3 Å². The van der Waals surface area contributed by atoms with E-state index in [1.165, 1.54) is 12.8 Å². The molecule has 162 valence electrons. The number of hydrogen-bond donors (Lipinski definition) is 2. The maximum Gasteiger partial charge on any atom is 0.139 e. The highest BCUT2D eigenvalue weighted by atomic mass is 16.3. The molecule has 29 heavy (non-hydrogen) atoms. The molecular weight excluding hydrogens is 358 g/mol. The van der Waals surface area contributed by atoms with Crippen molar-refractivity contribution in [2.45, 2.75) is 84.2 Å². The summed E-state index contributed by atoms with van der Waals surface area (Å²) < 4.78 is 0. The fraction of sp³-hybridized carbons (Fsp3) is 0.885. The molecule has 4 aliphatic carbocycles. The number of fused-ring (bicyclic) bond motifs is 5. The monoisotopic (exact) mass is 399 g/mol. The third kappa shape index (κ3) is 2.86. The Morgan fingerprint density at radius 2 is 1.83 bits per heavy atom. The average molecular weight is 400 g/mol. The number of aliphatic hydroxyl groups is 1. The zero-order valence-corrected chi connectivity index (χ0v) is 18.8. The predicted molar refractivity (Wildman–Crippen MR) is 116 cm³/mol. The van der Waals surface area contributed by atoms with Gasteiger partial charge in [-0.1, -0.05) is 32.9 Å². The second-order valence-corrected chi connectivity index (χ2v) is 11.9. The molecule has 5 rings (SSSR count). The van der Waals surface area contributed by atoms with Gasteiger partial charge in [-0.3, -0.25) is 4.79 Å². The Hall–Kier alpha value is -0.670. The van der Waals surface area contributed by atoms with Gasteiger partial charge in [0.1, 0.15) is 5.78 Å². The summed E-state index contributed by atoms with van der Waals surface area (Å²) >= 11 is 0.